The van der Waals surface area contributed by atoms with Crippen molar-refractivity contribution in [3.05, 3.63) is 11.1 Å². The van der Waals surface area contributed by atoms with E-state index in [2.05, 4.69) is 5.32 Å². The third-order valence-corrected chi connectivity index (χ3v) is 3.55. The average Bonchev–Trinajstić information content (AvgIpc) is 2.84. The number of hydrogen-bond acceptors (Lipinski definition) is 2. The Bertz CT molecular complexity index is 359. The molecule has 4 heteroatoms. The molecule has 0 saturated heterocycles. The number of carboxylic acids is 1. The molecule has 2 aliphatic carbocycles. The van der Waals surface area contributed by atoms with E-state index in [0.29, 0.717) is 17.7 Å². The number of hydrogen-bond donors (Lipinski definition) is 2. The first-order chi connectivity index (χ1) is 7.65. The quantitative estimate of drug-likeness (QED) is 0.755. The number of carboxylic acid groups (broad SMARTS) is 1. The molecule has 0 aromatic rings. The van der Waals surface area contributed by atoms with Crippen molar-refractivity contribution in [2.75, 3.05) is 6.54 Å². The third-order valence-electron chi connectivity index (χ3n) is 3.55. The van der Waals surface area contributed by atoms with Gasteiger partial charge < -0.3 is 10.4 Å². The first kappa shape index (κ1) is 11.2. The van der Waals surface area contributed by atoms with Crippen LogP contribution >= 0.6 is 0 Å². The van der Waals surface area contributed by atoms with Gasteiger partial charge in [0.05, 0.1) is 0 Å². The Kier molecular flexibility index (Phi) is 2.99. The van der Waals surface area contributed by atoms with Crippen LogP contribution < -0.4 is 5.32 Å². The van der Waals surface area contributed by atoms with E-state index in [0.717, 1.165) is 25.7 Å². The Hall–Kier alpha value is -1.32. The molecule has 2 atom stereocenters. The second-order valence-electron chi connectivity index (χ2n) is 4.60. The fraction of sp³-hybridized carbons (Fsp3) is 0.667. The van der Waals surface area contributed by atoms with Crippen LogP contribution in [0.25, 0.3) is 0 Å². The third kappa shape index (κ3) is 1.72. The Balaban J connectivity index is 2.22. The van der Waals surface area contributed by atoms with E-state index >= 15 is 0 Å². The van der Waals surface area contributed by atoms with Crippen LogP contribution in [-0.4, -0.2) is 23.5 Å². The molecular formula is C12H17NO3. The average molecular weight is 223 g/mol. The van der Waals surface area contributed by atoms with Crippen LogP contribution in [0.15, 0.2) is 11.1 Å². The van der Waals surface area contributed by atoms with Crippen LogP contribution in [0.2, 0.25) is 0 Å². The van der Waals surface area contributed by atoms with Gasteiger partial charge in [-0.15, -0.1) is 0 Å². The van der Waals surface area contributed by atoms with Crippen molar-refractivity contribution in [3.63, 3.8) is 0 Å². The van der Waals surface area contributed by atoms with Crippen molar-refractivity contribution in [2.24, 2.45) is 11.8 Å². The van der Waals surface area contributed by atoms with Crippen molar-refractivity contribution in [1.82, 2.24) is 5.32 Å². The number of amides is 1. The normalized spacial score (nSPS) is 27.3. The fourth-order valence-electron chi connectivity index (χ4n) is 2.88. The molecule has 16 heavy (non-hydrogen) atoms. The summed E-state index contributed by atoms with van der Waals surface area (Å²) in [6.07, 6.45) is 3.62. The minimum absolute atomic E-state index is 0.116. The minimum atomic E-state index is -0.908. The lowest BCUT2D eigenvalue weighted by Crippen LogP contribution is -2.30. The lowest BCUT2D eigenvalue weighted by atomic mass is 9.91. The van der Waals surface area contributed by atoms with Crippen LogP contribution in [0.1, 0.15) is 32.6 Å². The summed E-state index contributed by atoms with van der Waals surface area (Å²) in [5, 5.41) is 11.9. The van der Waals surface area contributed by atoms with Crippen LogP contribution in [-0.2, 0) is 9.59 Å². The van der Waals surface area contributed by atoms with Crippen molar-refractivity contribution in [3.8, 4) is 0 Å². The van der Waals surface area contributed by atoms with Gasteiger partial charge in [-0.05, 0) is 37.5 Å². The van der Waals surface area contributed by atoms with Crippen molar-refractivity contribution in [1.29, 1.82) is 0 Å². The molecule has 2 rings (SSSR count). The van der Waals surface area contributed by atoms with E-state index in [1.165, 1.54) is 0 Å². The second kappa shape index (κ2) is 4.28. The van der Waals surface area contributed by atoms with Crippen molar-refractivity contribution >= 4 is 11.9 Å². The van der Waals surface area contributed by atoms with Crippen LogP contribution in [0.4, 0.5) is 0 Å². The highest BCUT2D eigenvalue weighted by molar-refractivity contribution is 6.04. The summed E-state index contributed by atoms with van der Waals surface area (Å²) in [4.78, 5) is 23.0. The van der Waals surface area contributed by atoms with Gasteiger partial charge in [0.2, 0.25) is 5.91 Å². The summed E-state index contributed by atoms with van der Waals surface area (Å²) in [6, 6.07) is 0. The molecule has 2 N–H and O–H groups in total. The maximum Gasteiger partial charge on any atom is 0.332 e. The van der Waals surface area contributed by atoms with Gasteiger partial charge in [0.15, 0.2) is 0 Å². The summed E-state index contributed by atoms with van der Waals surface area (Å²) in [5.41, 5.74) is 0.932. The molecule has 2 unspecified atom stereocenters. The van der Waals surface area contributed by atoms with E-state index in [1.54, 1.807) is 0 Å². The second-order valence-corrected chi connectivity index (χ2v) is 4.60. The number of aliphatic carboxylic acids is 1. The van der Waals surface area contributed by atoms with Gasteiger partial charge in [-0.2, -0.15) is 0 Å². The number of nitrogens with one attached hydrogen (secondary N) is 1. The van der Waals surface area contributed by atoms with Gasteiger partial charge in [0.25, 0.3) is 0 Å². The molecule has 4 nitrogen and oxygen atoms in total. The number of carbonyl (C=O) groups excluding carboxylic acids is 1. The smallest absolute Gasteiger partial charge is 0.332 e. The Morgan fingerprint density at radius 3 is 2.50 bits per heavy atom. The van der Waals surface area contributed by atoms with Crippen molar-refractivity contribution < 1.29 is 14.7 Å². The van der Waals surface area contributed by atoms with E-state index < -0.39 is 5.97 Å². The zero-order valence-electron chi connectivity index (χ0n) is 9.45. The fourth-order valence-corrected chi connectivity index (χ4v) is 2.88. The van der Waals surface area contributed by atoms with E-state index in [4.69, 9.17) is 5.11 Å². The Labute approximate surface area is 94.7 Å². The van der Waals surface area contributed by atoms with Gasteiger partial charge >= 0.3 is 5.97 Å². The van der Waals surface area contributed by atoms with Gasteiger partial charge in [0, 0.05) is 17.7 Å². The van der Waals surface area contributed by atoms with Gasteiger partial charge in [0.1, 0.15) is 0 Å². The molecule has 0 aromatic carbocycles. The maximum atomic E-state index is 11.9. The van der Waals surface area contributed by atoms with Crippen LogP contribution in [0, 0.1) is 11.8 Å². The highest BCUT2D eigenvalue weighted by Crippen LogP contribution is 2.48. The molecule has 2 bridgehead atoms. The monoisotopic (exact) mass is 223 g/mol. The zero-order valence-corrected chi connectivity index (χ0v) is 9.45. The van der Waals surface area contributed by atoms with Crippen molar-refractivity contribution in [2.45, 2.75) is 32.6 Å². The largest absolute Gasteiger partial charge is 0.478 e. The first-order valence-electron chi connectivity index (χ1n) is 5.90. The molecule has 88 valence electrons. The predicted molar refractivity (Wildman–Crippen MR) is 58.8 cm³/mol. The van der Waals surface area contributed by atoms with Gasteiger partial charge in [-0.1, -0.05) is 6.92 Å². The molecular weight excluding hydrogens is 206 g/mol. The lowest BCUT2D eigenvalue weighted by Gasteiger charge is -2.16. The molecule has 0 radical (unpaired) electrons. The summed E-state index contributed by atoms with van der Waals surface area (Å²) in [6.45, 7) is 2.60. The Morgan fingerprint density at radius 2 is 1.94 bits per heavy atom. The molecule has 0 aliphatic heterocycles. The summed E-state index contributed by atoms with van der Waals surface area (Å²) in [5.74, 6) is -0.766. The predicted octanol–water partition coefficient (Wildman–Crippen LogP) is 1.32. The number of fused-ring (bicyclic) bond motifs is 2. The van der Waals surface area contributed by atoms with E-state index in [9.17, 15) is 9.59 Å². The molecule has 0 heterocycles. The minimum Gasteiger partial charge on any atom is -0.478 e. The summed E-state index contributed by atoms with van der Waals surface area (Å²) < 4.78 is 0. The highest BCUT2D eigenvalue weighted by atomic mass is 16.4. The molecule has 1 fully saturated rings. The van der Waals surface area contributed by atoms with E-state index in [-0.39, 0.29) is 17.7 Å². The van der Waals surface area contributed by atoms with Crippen LogP contribution in [0.5, 0.6) is 0 Å². The van der Waals surface area contributed by atoms with Gasteiger partial charge in [-0.25, -0.2) is 4.79 Å². The zero-order chi connectivity index (χ0) is 11.7. The molecule has 1 amide bonds. The highest BCUT2D eigenvalue weighted by Gasteiger charge is 2.44. The lowest BCUT2D eigenvalue weighted by molar-refractivity contribution is -0.133. The van der Waals surface area contributed by atoms with Crippen LogP contribution in [0.3, 0.4) is 0 Å². The Morgan fingerprint density at radius 1 is 1.31 bits per heavy atom. The SMILES string of the molecule is CCCNC(=O)C1=C(C(=O)O)C2CCC1C2. The van der Waals surface area contributed by atoms with E-state index in [1.807, 2.05) is 6.92 Å². The number of rotatable bonds is 4. The topological polar surface area (TPSA) is 66.4 Å². The summed E-state index contributed by atoms with van der Waals surface area (Å²) >= 11 is 0. The molecule has 1 saturated carbocycles. The summed E-state index contributed by atoms with van der Waals surface area (Å²) in [7, 11) is 0. The number of carbonyl (C=O) groups is 2. The molecule has 0 spiro atoms. The molecule has 2 aliphatic rings. The standard InChI is InChI=1S/C12H17NO3/c1-2-5-13-11(14)9-7-3-4-8(6-7)10(9)12(15)16/h7-8H,2-6H2,1H3,(H,13,14)(H,15,16). The maximum absolute atomic E-state index is 11.9. The first-order valence-corrected chi connectivity index (χ1v) is 5.90. The molecule has 0 aromatic heterocycles. The van der Waals surface area contributed by atoms with Gasteiger partial charge in [-0.3, -0.25) is 4.79 Å².